The molecule has 1 aromatic carbocycles. The summed E-state index contributed by atoms with van der Waals surface area (Å²) >= 11 is 1.67. The number of benzene rings is 1. The predicted molar refractivity (Wildman–Crippen MR) is 76.1 cm³/mol. The fourth-order valence-electron chi connectivity index (χ4n) is 1.93. The second-order valence-electron chi connectivity index (χ2n) is 4.21. The molecule has 5 heteroatoms. The summed E-state index contributed by atoms with van der Waals surface area (Å²) in [6, 6.07) is 9.58. The van der Waals surface area contributed by atoms with Crippen LogP contribution in [0.3, 0.4) is 0 Å². The molecule has 0 aliphatic carbocycles. The van der Waals surface area contributed by atoms with Gasteiger partial charge in [-0.2, -0.15) is 0 Å². The monoisotopic (exact) mass is 269 g/mol. The number of nitrogens with two attached hydrogens (primary N) is 1. The Morgan fingerprint density at radius 2 is 2.00 bits per heavy atom. The summed E-state index contributed by atoms with van der Waals surface area (Å²) in [7, 11) is 0. The number of carbonyl (C=O) groups excluding carboxylic acids is 1. The molecule has 2 heterocycles. The fourth-order valence-corrected chi connectivity index (χ4v) is 2.74. The molecule has 0 aliphatic rings. The Balaban J connectivity index is 2.05. The average Bonchev–Trinajstić information content (AvgIpc) is 2.77. The number of carbonyl (C=O) groups is 1. The van der Waals surface area contributed by atoms with Crippen molar-refractivity contribution in [2.24, 2.45) is 5.73 Å². The molecule has 94 valence electrons. The topological polar surface area (TPSA) is 68.9 Å². The summed E-state index contributed by atoms with van der Waals surface area (Å²) in [6.07, 6.45) is 1.65. The molecule has 0 saturated heterocycles. The Morgan fingerprint density at radius 1 is 1.21 bits per heavy atom. The van der Waals surface area contributed by atoms with Gasteiger partial charge in [-0.15, -0.1) is 11.3 Å². The van der Waals surface area contributed by atoms with Crippen molar-refractivity contribution in [1.82, 2.24) is 9.97 Å². The van der Waals surface area contributed by atoms with E-state index in [0.717, 1.165) is 21.7 Å². The van der Waals surface area contributed by atoms with E-state index in [9.17, 15) is 4.79 Å². The highest BCUT2D eigenvalue weighted by Crippen LogP contribution is 2.27. The van der Waals surface area contributed by atoms with Crippen molar-refractivity contribution in [2.45, 2.75) is 6.92 Å². The summed E-state index contributed by atoms with van der Waals surface area (Å²) in [5.74, 6) is -0.517. The van der Waals surface area contributed by atoms with Gasteiger partial charge in [0.1, 0.15) is 5.69 Å². The molecule has 2 aromatic heterocycles. The number of nitrogens with zero attached hydrogens (tertiary/aromatic N) is 2. The zero-order valence-electron chi connectivity index (χ0n) is 10.3. The highest BCUT2D eigenvalue weighted by molar-refractivity contribution is 7.18. The lowest BCUT2D eigenvalue weighted by Gasteiger charge is -2.02. The lowest BCUT2D eigenvalue weighted by molar-refractivity contribution is 0.0995. The number of pyridine rings is 1. The normalized spacial score (nSPS) is 10.8. The quantitative estimate of drug-likeness (QED) is 0.777. The number of rotatable bonds is 2. The number of hydrogen-bond donors (Lipinski definition) is 1. The van der Waals surface area contributed by atoms with Crippen molar-refractivity contribution >= 4 is 27.5 Å². The van der Waals surface area contributed by atoms with E-state index >= 15 is 0 Å². The van der Waals surface area contributed by atoms with Crippen molar-refractivity contribution in [3.8, 4) is 11.1 Å². The SMILES string of the molecule is Cc1nc2cc(-c3ccc(C(N)=O)nc3)ccc2s1. The van der Waals surface area contributed by atoms with Crippen molar-refractivity contribution in [3.63, 3.8) is 0 Å². The minimum Gasteiger partial charge on any atom is -0.364 e. The van der Waals surface area contributed by atoms with E-state index in [1.165, 1.54) is 4.70 Å². The summed E-state index contributed by atoms with van der Waals surface area (Å²) < 4.78 is 1.17. The van der Waals surface area contributed by atoms with Crippen LogP contribution in [-0.4, -0.2) is 15.9 Å². The van der Waals surface area contributed by atoms with Crippen molar-refractivity contribution in [2.75, 3.05) is 0 Å². The third kappa shape index (κ3) is 2.20. The van der Waals surface area contributed by atoms with Crippen molar-refractivity contribution in [1.29, 1.82) is 0 Å². The minimum absolute atomic E-state index is 0.273. The number of primary amides is 1. The van der Waals surface area contributed by atoms with Crippen molar-refractivity contribution < 1.29 is 4.79 Å². The maximum atomic E-state index is 11.0. The Hall–Kier alpha value is -2.27. The molecule has 3 aromatic rings. The van der Waals surface area contributed by atoms with Crippen LogP contribution in [0.2, 0.25) is 0 Å². The van der Waals surface area contributed by atoms with Crippen LogP contribution in [0.15, 0.2) is 36.5 Å². The van der Waals surface area contributed by atoms with Crippen LogP contribution in [0.25, 0.3) is 21.3 Å². The van der Waals surface area contributed by atoms with Crippen LogP contribution >= 0.6 is 11.3 Å². The third-order valence-electron chi connectivity index (χ3n) is 2.84. The molecular formula is C14H11N3OS. The van der Waals surface area contributed by atoms with Crippen LogP contribution in [0.1, 0.15) is 15.5 Å². The number of hydrogen-bond acceptors (Lipinski definition) is 4. The van der Waals surface area contributed by atoms with E-state index in [2.05, 4.69) is 16.0 Å². The molecule has 0 bridgehead atoms. The van der Waals surface area contributed by atoms with Crippen LogP contribution in [0, 0.1) is 6.92 Å². The summed E-state index contributed by atoms with van der Waals surface area (Å²) in [5, 5.41) is 1.05. The smallest absolute Gasteiger partial charge is 0.267 e. The Morgan fingerprint density at radius 3 is 2.68 bits per heavy atom. The number of fused-ring (bicyclic) bond motifs is 1. The number of aryl methyl sites for hydroxylation is 1. The van der Waals surface area contributed by atoms with E-state index in [-0.39, 0.29) is 5.69 Å². The Kier molecular flexibility index (Phi) is 2.76. The molecule has 1 amide bonds. The molecule has 0 radical (unpaired) electrons. The first-order chi connectivity index (χ1) is 9.13. The van der Waals surface area contributed by atoms with E-state index in [4.69, 9.17) is 5.73 Å². The van der Waals surface area contributed by atoms with E-state index < -0.39 is 5.91 Å². The molecule has 19 heavy (non-hydrogen) atoms. The summed E-state index contributed by atoms with van der Waals surface area (Å²) in [6.45, 7) is 1.99. The van der Waals surface area contributed by atoms with Gasteiger partial charge in [0.2, 0.25) is 0 Å². The van der Waals surface area contributed by atoms with Gasteiger partial charge in [-0.1, -0.05) is 12.1 Å². The van der Waals surface area contributed by atoms with Gasteiger partial charge in [-0.3, -0.25) is 9.78 Å². The van der Waals surface area contributed by atoms with Crippen LogP contribution < -0.4 is 5.73 Å². The van der Waals surface area contributed by atoms with Crippen molar-refractivity contribution in [3.05, 3.63) is 47.2 Å². The summed E-state index contributed by atoms with van der Waals surface area (Å²) in [5.41, 5.74) is 8.40. The Bertz CT molecular complexity index is 762. The van der Waals surface area contributed by atoms with Gasteiger partial charge in [-0.05, 0) is 30.7 Å². The maximum absolute atomic E-state index is 11.0. The number of amides is 1. The lowest BCUT2D eigenvalue weighted by atomic mass is 10.1. The highest BCUT2D eigenvalue weighted by Gasteiger charge is 2.06. The van der Waals surface area contributed by atoms with E-state index in [1.807, 2.05) is 25.1 Å². The minimum atomic E-state index is -0.517. The lowest BCUT2D eigenvalue weighted by Crippen LogP contribution is -2.12. The molecule has 0 unspecified atom stereocenters. The van der Waals surface area contributed by atoms with Gasteiger partial charge >= 0.3 is 0 Å². The second kappa shape index (κ2) is 4.44. The predicted octanol–water partition coefficient (Wildman–Crippen LogP) is 2.77. The van der Waals surface area contributed by atoms with Gasteiger partial charge in [0.05, 0.1) is 15.2 Å². The van der Waals surface area contributed by atoms with Crippen LogP contribution in [0.5, 0.6) is 0 Å². The van der Waals surface area contributed by atoms with Gasteiger partial charge in [-0.25, -0.2) is 4.98 Å². The second-order valence-corrected chi connectivity index (χ2v) is 5.45. The average molecular weight is 269 g/mol. The van der Waals surface area contributed by atoms with Gasteiger partial charge in [0, 0.05) is 11.8 Å². The first kappa shape index (κ1) is 11.8. The molecule has 2 N–H and O–H groups in total. The molecule has 0 aliphatic heterocycles. The number of thiazole rings is 1. The number of aromatic nitrogens is 2. The zero-order chi connectivity index (χ0) is 13.4. The molecular weight excluding hydrogens is 258 g/mol. The maximum Gasteiger partial charge on any atom is 0.267 e. The van der Waals surface area contributed by atoms with Gasteiger partial charge in [0.15, 0.2) is 0 Å². The standard InChI is InChI=1S/C14H11N3OS/c1-8-17-12-6-9(3-5-13(12)19-8)10-2-4-11(14(15)18)16-7-10/h2-7H,1H3,(H2,15,18). The van der Waals surface area contributed by atoms with E-state index in [0.29, 0.717) is 0 Å². The zero-order valence-corrected chi connectivity index (χ0v) is 11.1. The third-order valence-corrected chi connectivity index (χ3v) is 3.80. The molecule has 0 atom stereocenters. The molecule has 4 nitrogen and oxygen atoms in total. The van der Waals surface area contributed by atoms with Gasteiger partial charge in [0.25, 0.3) is 5.91 Å². The first-order valence-electron chi connectivity index (χ1n) is 5.77. The largest absolute Gasteiger partial charge is 0.364 e. The molecule has 0 saturated carbocycles. The fraction of sp³-hybridized carbons (Fsp3) is 0.0714. The Labute approximate surface area is 113 Å². The van der Waals surface area contributed by atoms with E-state index in [1.54, 1.807) is 23.6 Å². The first-order valence-corrected chi connectivity index (χ1v) is 6.58. The van der Waals surface area contributed by atoms with Crippen LogP contribution in [0.4, 0.5) is 0 Å². The molecule has 3 rings (SSSR count). The highest BCUT2D eigenvalue weighted by atomic mass is 32.1. The molecule has 0 fully saturated rings. The molecule has 0 spiro atoms. The van der Waals surface area contributed by atoms with Crippen LogP contribution in [-0.2, 0) is 0 Å². The van der Waals surface area contributed by atoms with Gasteiger partial charge < -0.3 is 5.73 Å². The summed E-state index contributed by atoms with van der Waals surface area (Å²) in [4.78, 5) is 19.5.